The Kier molecular flexibility index (Phi) is 4.74. The molecule has 0 spiro atoms. The summed E-state index contributed by atoms with van der Waals surface area (Å²) >= 11 is 3.27. The molecule has 0 fully saturated rings. The van der Waals surface area contributed by atoms with Crippen molar-refractivity contribution in [2.45, 2.75) is 13.5 Å². The molecule has 0 amide bonds. The number of halogens is 2. The fourth-order valence-corrected chi connectivity index (χ4v) is 2.09. The topological polar surface area (TPSA) is 34.2 Å². The van der Waals surface area contributed by atoms with Gasteiger partial charge in [0.05, 0.1) is 4.47 Å². The molecule has 0 bridgehead atoms. The van der Waals surface area contributed by atoms with E-state index in [4.69, 9.17) is 4.74 Å². The lowest BCUT2D eigenvalue weighted by atomic mass is 10.2. The van der Waals surface area contributed by atoms with Gasteiger partial charge in [-0.1, -0.05) is 6.07 Å². The van der Waals surface area contributed by atoms with Gasteiger partial charge in [-0.25, -0.2) is 9.37 Å². The van der Waals surface area contributed by atoms with Crippen LogP contribution >= 0.6 is 15.9 Å². The van der Waals surface area contributed by atoms with Crippen molar-refractivity contribution in [3.05, 3.63) is 52.4 Å². The van der Waals surface area contributed by atoms with E-state index in [1.807, 2.05) is 19.1 Å². The molecule has 19 heavy (non-hydrogen) atoms. The van der Waals surface area contributed by atoms with Gasteiger partial charge in [0.2, 0.25) is 0 Å². The zero-order valence-electron chi connectivity index (χ0n) is 10.5. The van der Waals surface area contributed by atoms with Gasteiger partial charge < -0.3 is 10.1 Å². The minimum absolute atomic E-state index is 0.297. The Hall–Kier alpha value is -1.62. The maximum absolute atomic E-state index is 13.0. The molecule has 0 aliphatic carbocycles. The minimum Gasteiger partial charge on any atom is -0.488 e. The standard InChI is InChI=1S/C14H14BrFN2O/c1-2-17-14-10(4-3-7-18-14)9-19-13-6-5-11(16)8-12(13)15/h3-8H,2,9H2,1H3,(H,17,18). The first kappa shape index (κ1) is 13.8. The lowest BCUT2D eigenvalue weighted by Crippen LogP contribution is -2.05. The average molecular weight is 325 g/mol. The summed E-state index contributed by atoms with van der Waals surface area (Å²) in [4.78, 5) is 4.25. The molecule has 1 aromatic heterocycles. The first-order chi connectivity index (χ1) is 9.20. The number of benzene rings is 1. The van der Waals surface area contributed by atoms with Gasteiger partial charge in [-0.15, -0.1) is 0 Å². The average Bonchev–Trinajstić information content (AvgIpc) is 2.40. The van der Waals surface area contributed by atoms with Gasteiger partial charge in [0.1, 0.15) is 24.0 Å². The molecular weight excluding hydrogens is 311 g/mol. The van der Waals surface area contributed by atoms with Crippen LogP contribution in [0.1, 0.15) is 12.5 Å². The predicted octanol–water partition coefficient (Wildman–Crippen LogP) is 3.99. The van der Waals surface area contributed by atoms with Gasteiger partial charge >= 0.3 is 0 Å². The van der Waals surface area contributed by atoms with Gasteiger partial charge in [0, 0.05) is 18.3 Å². The number of hydrogen-bond acceptors (Lipinski definition) is 3. The number of aromatic nitrogens is 1. The normalized spacial score (nSPS) is 10.3. The Balaban J connectivity index is 2.10. The lowest BCUT2D eigenvalue weighted by Gasteiger charge is -2.11. The molecule has 1 aromatic carbocycles. The van der Waals surface area contributed by atoms with Crippen LogP contribution in [0.3, 0.4) is 0 Å². The molecule has 1 N–H and O–H groups in total. The van der Waals surface area contributed by atoms with Crippen LogP contribution in [0.25, 0.3) is 0 Å². The van der Waals surface area contributed by atoms with E-state index >= 15 is 0 Å². The molecule has 2 aromatic rings. The van der Waals surface area contributed by atoms with E-state index in [1.54, 1.807) is 12.3 Å². The van der Waals surface area contributed by atoms with Crippen LogP contribution in [0.4, 0.5) is 10.2 Å². The molecular formula is C14H14BrFN2O. The second kappa shape index (κ2) is 6.52. The number of hydrogen-bond donors (Lipinski definition) is 1. The van der Waals surface area contributed by atoms with Crippen molar-refractivity contribution in [1.29, 1.82) is 0 Å². The predicted molar refractivity (Wildman–Crippen MR) is 76.8 cm³/mol. The third-order valence-electron chi connectivity index (χ3n) is 2.51. The third-order valence-corrected chi connectivity index (χ3v) is 3.13. The van der Waals surface area contributed by atoms with E-state index in [1.165, 1.54) is 12.1 Å². The monoisotopic (exact) mass is 324 g/mol. The minimum atomic E-state index is -0.297. The van der Waals surface area contributed by atoms with Gasteiger partial charge in [-0.2, -0.15) is 0 Å². The van der Waals surface area contributed by atoms with Crippen LogP contribution in [-0.2, 0) is 6.61 Å². The van der Waals surface area contributed by atoms with E-state index in [0.717, 1.165) is 17.9 Å². The van der Waals surface area contributed by atoms with Crippen LogP contribution < -0.4 is 10.1 Å². The van der Waals surface area contributed by atoms with E-state index < -0.39 is 0 Å². The lowest BCUT2D eigenvalue weighted by molar-refractivity contribution is 0.304. The summed E-state index contributed by atoms with van der Waals surface area (Å²) < 4.78 is 19.2. The maximum atomic E-state index is 13.0. The number of nitrogens with one attached hydrogen (secondary N) is 1. The third kappa shape index (κ3) is 3.67. The largest absolute Gasteiger partial charge is 0.488 e. The molecule has 0 radical (unpaired) electrons. The molecule has 1 heterocycles. The second-order valence-corrected chi connectivity index (χ2v) is 4.76. The van der Waals surface area contributed by atoms with Crippen LogP contribution in [-0.4, -0.2) is 11.5 Å². The van der Waals surface area contributed by atoms with Crippen molar-refractivity contribution in [1.82, 2.24) is 4.98 Å². The summed E-state index contributed by atoms with van der Waals surface area (Å²) in [6, 6.07) is 8.16. The first-order valence-corrected chi connectivity index (χ1v) is 6.75. The Morgan fingerprint density at radius 1 is 1.37 bits per heavy atom. The van der Waals surface area contributed by atoms with Gasteiger partial charge in [0.25, 0.3) is 0 Å². The van der Waals surface area contributed by atoms with Crippen LogP contribution in [0.5, 0.6) is 5.75 Å². The molecule has 0 saturated heterocycles. The molecule has 0 saturated carbocycles. The van der Waals surface area contributed by atoms with E-state index in [-0.39, 0.29) is 5.82 Å². The van der Waals surface area contributed by atoms with Gasteiger partial charge in [-0.05, 0) is 47.1 Å². The molecule has 3 nitrogen and oxygen atoms in total. The van der Waals surface area contributed by atoms with Crippen LogP contribution in [0, 0.1) is 5.82 Å². The van der Waals surface area contributed by atoms with E-state index in [2.05, 4.69) is 26.2 Å². The fourth-order valence-electron chi connectivity index (χ4n) is 1.63. The second-order valence-electron chi connectivity index (χ2n) is 3.90. The Morgan fingerprint density at radius 2 is 2.21 bits per heavy atom. The first-order valence-electron chi connectivity index (χ1n) is 5.96. The quantitative estimate of drug-likeness (QED) is 0.902. The summed E-state index contributed by atoms with van der Waals surface area (Å²) in [7, 11) is 0. The number of rotatable bonds is 5. The van der Waals surface area contributed by atoms with E-state index in [0.29, 0.717) is 16.8 Å². The van der Waals surface area contributed by atoms with Crippen molar-refractivity contribution in [2.75, 3.05) is 11.9 Å². The molecule has 5 heteroatoms. The number of nitrogens with zero attached hydrogens (tertiary/aromatic N) is 1. The number of pyridine rings is 1. The molecule has 0 unspecified atom stereocenters. The van der Waals surface area contributed by atoms with E-state index in [9.17, 15) is 4.39 Å². The van der Waals surface area contributed by atoms with Crippen LogP contribution in [0.15, 0.2) is 41.0 Å². The summed E-state index contributed by atoms with van der Waals surface area (Å²) in [5, 5.41) is 3.17. The van der Waals surface area contributed by atoms with Crippen molar-refractivity contribution in [3.63, 3.8) is 0 Å². The Morgan fingerprint density at radius 3 is 2.95 bits per heavy atom. The Labute approximate surface area is 119 Å². The molecule has 0 aliphatic heterocycles. The Bertz CT molecular complexity index is 563. The van der Waals surface area contributed by atoms with Crippen molar-refractivity contribution < 1.29 is 9.13 Å². The summed E-state index contributed by atoms with van der Waals surface area (Å²) in [5.41, 5.74) is 0.959. The summed E-state index contributed by atoms with van der Waals surface area (Å²) in [5.74, 6) is 1.12. The van der Waals surface area contributed by atoms with Crippen molar-refractivity contribution in [2.24, 2.45) is 0 Å². The van der Waals surface area contributed by atoms with Crippen molar-refractivity contribution >= 4 is 21.7 Å². The zero-order chi connectivity index (χ0) is 13.7. The fraction of sp³-hybridized carbons (Fsp3) is 0.214. The smallest absolute Gasteiger partial charge is 0.134 e. The number of anilines is 1. The molecule has 100 valence electrons. The summed E-state index contributed by atoms with van der Waals surface area (Å²) in [6.07, 6.45) is 1.73. The number of ether oxygens (including phenoxy) is 1. The SMILES string of the molecule is CCNc1ncccc1COc1ccc(F)cc1Br. The molecule has 2 rings (SSSR count). The van der Waals surface area contributed by atoms with Crippen molar-refractivity contribution in [3.8, 4) is 5.75 Å². The highest BCUT2D eigenvalue weighted by Crippen LogP contribution is 2.26. The molecule has 0 aliphatic rings. The highest BCUT2D eigenvalue weighted by Gasteiger charge is 2.06. The molecule has 0 atom stereocenters. The van der Waals surface area contributed by atoms with Gasteiger partial charge in [-0.3, -0.25) is 0 Å². The highest BCUT2D eigenvalue weighted by atomic mass is 79.9. The summed E-state index contributed by atoms with van der Waals surface area (Å²) in [6.45, 7) is 3.18. The maximum Gasteiger partial charge on any atom is 0.134 e. The van der Waals surface area contributed by atoms with Crippen LogP contribution in [0.2, 0.25) is 0 Å². The zero-order valence-corrected chi connectivity index (χ0v) is 12.1. The van der Waals surface area contributed by atoms with Gasteiger partial charge in [0.15, 0.2) is 0 Å². The highest BCUT2D eigenvalue weighted by molar-refractivity contribution is 9.10.